The van der Waals surface area contributed by atoms with Crippen LogP contribution in [0.3, 0.4) is 0 Å². The number of nitrogens with one attached hydrogen (secondary N) is 1. The molecule has 3 nitrogen and oxygen atoms in total. The van der Waals surface area contributed by atoms with Crippen molar-refractivity contribution in [2.75, 3.05) is 6.54 Å². The molecule has 1 N–H and O–H groups in total. The normalized spacial score (nSPS) is 19.0. The summed E-state index contributed by atoms with van der Waals surface area (Å²) >= 11 is 0. The fourth-order valence-corrected chi connectivity index (χ4v) is 2.71. The topological polar surface area (TPSA) is 52.9 Å². The van der Waals surface area contributed by atoms with E-state index in [1.54, 1.807) is 0 Å². The van der Waals surface area contributed by atoms with Crippen molar-refractivity contribution in [3.05, 3.63) is 0 Å². The van der Waals surface area contributed by atoms with Crippen molar-refractivity contribution in [2.24, 2.45) is 11.3 Å². The first-order chi connectivity index (χ1) is 8.68. The Hall–Kier alpha value is -1.04. The Balaban J connectivity index is 2.58. The number of nitrogens with zero attached hydrogens (tertiary/aromatic N) is 1. The van der Waals surface area contributed by atoms with Crippen molar-refractivity contribution in [1.82, 2.24) is 5.32 Å². The number of rotatable bonds is 5. The molecule has 0 radical (unpaired) electrons. The SMILES string of the molecule is CCC(CC)CNC(=O)C1(C#N)CCCCCC1. The molecule has 0 unspecified atom stereocenters. The van der Waals surface area contributed by atoms with Crippen LogP contribution in [0.5, 0.6) is 0 Å². The van der Waals surface area contributed by atoms with Gasteiger partial charge < -0.3 is 5.32 Å². The van der Waals surface area contributed by atoms with Crippen LogP contribution in [0.4, 0.5) is 0 Å². The Labute approximate surface area is 111 Å². The first kappa shape index (κ1) is 15.0. The van der Waals surface area contributed by atoms with Gasteiger partial charge in [-0.25, -0.2) is 0 Å². The lowest BCUT2D eigenvalue weighted by atomic mass is 9.81. The van der Waals surface area contributed by atoms with Crippen LogP contribution in [0.2, 0.25) is 0 Å². The van der Waals surface area contributed by atoms with Crippen molar-refractivity contribution in [1.29, 1.82) is 5.26 Å². The molecule has 1 aliphatic rings. The van der Waals surface area contributed by atoms with Gasteiger partial charge >= 0.3 is 0 Å². The van der Waals surface area contributed by atoms with Crippen molar-refractivity contribution < 1.29 is 4.79 Å². The molecule has 18 heavy (non-hydrogen) atoms. The zero-order valence-corrected chi connectivity index (χ0v) is 11.8. The molecule has 0 heterocycles. The standard InChI is InChI=1S/C15H26N2O/c1-3-13(4-2)11-17-14(18)15(12-16)9-7-5-6-8-10-15/h13H,3-11H2,1-2H3,(H,17,18). The van der Waals surface area contributed by atoms with Crippen LogP contribution in [-0.4, -0.2) is 12.5 Å². The van der Waals surface area contributed by atoms with Gasteiger partial charge in [0.15, 0.2) is 0 Å². The monoisotopic (exact) mass is 250 g/mol. The van der Waals surface area contributed by atoms with E-state index in [-0.39, 0.29) is 5.91 Å². The van der Waals surface area contributed by atoms with Gasteiger partial charge in [-0.2, -0.15) is 5.26 Å². The van der Waals surface area contributed by atoms with Crippen molar-refractivity contribution >= 4 is 5.91 Å². The summed E-state index contributed by atoms with van der Waals surface area (Å²) in [4.78, 5) is 12.3. The van der Waals surface area contributed by atoms with E-state index >= 15 is 0 Å². The lowest BCUT2D eigenvalue weighted by molar-refractivity contribution is -0.129. The Morgan fingerprint density at radius 2 is 1.78 bits per heavy atom. The Bertz CT molecular complexity index is 294. The van der Waals surface area contributed by atoms with Gasteiger partial charge in [0.2, 0.25) is 5.91 Å². The molecule has 1 fully saturated rings. The highest BCUT2D eigenvalue weighted by atomic mass is 16.2. The molecule has 3 heteroatoms. The van der Waals surface area contributed by atoms with Crippen LogP contribution in [-0.2, 0) is 4.79 Å². The Morgan fingerprint density at radius 3 is 2.22 bits per heavy atom. The molecule has 1 aliphatic carbocycles. The van der Waals surface area contributed by atoms with Gasteiger partial charge in [0, 0.05) is 6.54 Å². The zero-order chi connectivity index (χ0) is 13.4. The fraction of sp³-hybridized carbons (Fsp3) is 0.867. The second kappa shape index (κ2) is 7.41. The molecule has 1 saturated carbocycles. The van der Waals surface area contributed by atoms with Gasteiger partial charge in [0.25, 0.3) is 0 Å². The van der Waals surface area contributed by atoms with Gasteiger partial charge in [0.05, 0.1) is 6.07 Å². The lowest BCUT2D eigenvalue weighted by Gasteiger charge is -2.25. The van der Waals surface area contributed by atoms with E-state index < -0.39 is 5.41 Å². The molecule has 0 aromatic carbocycles. The first-order valence-corrected chi connectivity index (χ1v) is 7.38. The lowest BCUT2D eigenvalue weighted by Crippen LogP contribution is -2.41. The quantitative estimate of drug-likeness (QED) is 0.760. The smallest absolute Gasteiger partial charge is 0.240 e. The van der Waals surface area contributed by atoms with Gasteiger partial charge in [-0.1, -0.05) is 52.4 Å². The largest absolute Gasteiger partial charge is 0.354 e. The zero-order valence-electron chi connectivity index (χ0n) is 11.8. The summed E-state index contributed by atoms with van der Waals surface area (Å²) in [6.45, 7) is 5.01. The maximum atomic E-state index is 12.3. The minimum atomic E-state index is -0.747. The number of amides is 1. The van der Waals surface area contributed by atoms with Crippen molar-refractivity contribution in [3.63, 3.8) is 0 Å². The van der Waals surface area contributed by atoms with Crippen molar-refractivity contribution in [2.45, 2.75) is 65.2 Å². The molecule has 1 rings (SSSR count). The maximum absolute atomic E-state index is 12.3. The summed E-state index contributed by atoms with van der Waals surface area (Å²) in [5.41, 5.74) is -0.747. The molecule has 1 amide bonds. The third-order valence-corrected chi connectivity index (χ3v) is 4.31. The third-order valence-electron chi connectivity index (χ3n) is 4.31. The third kappa shape index (κ3) is 3.73. The van der Waals surface area contributed by atoms with Crippen LogP contribution in [0.15, 0.2) is 0 Å². The predicted molar refractivity (Wildman–Crippen MR) is 72.8 cm³/mol. The average Bonchev–Trinajstić information content (AvgIpc) is 2.66. The number of hydrogen-bond acceptors (Lipinski definition) is 2. The minimum Gasteiger partial charge on any atom is -0.354 e. The van der Waals surface area contributed by atoms with Crippen LogP contribution >= 0.6 is 0 Å². The second-order valence-electron chi connectivity index (χ2n) is 5.50. The summed E-state index contributed by atoms with van der Waals surface area (Å²) in [5, 5.41) is 12.4. The van der Waals surface area contributed by atoms with E-state index in [9.17, 15) is 10.1 Å². The van der Waals surface area contributed by atoms with Crippen LogP contribution in [0.25, 0.3) is 0 Å². The molecule has 0 spiro atoms. The molecular formula is C15H26N2O. The van der Waals surface area contributed by atoms with Gasteiger partial charge in [-0.05, 0) is 18.8 Å². The number of nitriles is 1. The highest BCUT2D eigenvalue weighted by Gasteiger charge is 2.38. The summed E-state index contributed by atoms with van der Waals surface area (Å²) in [7, 11) is 0. The Kier molecular flexibility index (Phi) is 6.18. The minimum absolute atomic E-state index is 0.0289. The Morgan fingerprint density at radius 1 is 1.22 bits per heavy atom. The van der Waals surface area contributed by atoms with Gasteiger partial charge in [-0.3, -0.25) is 4.79 Å². The summed E-state index contributed by atoms with van der Waals surface area (Å²) in [5.74, 6) is 0.509. The molecule has 0 aliphatic heterocycles. The van der Waals surface area contributed by atoms with Gasteiger partial charge in [0.1, 0.15) is 5.41 Å². The van der Waals surface area contributed by atoms with Crippen LogP contribution in [0.1, 0.15) is 65.2 Å². The van der Waals surface area contributed by atoms with Crippen LogP contribution in [0, 0.1) is 22.7 Å². The van der Waals surface area contributed by atoms with Crippen LogP contribution < -0.4 is 5.32 Å². The summed E-state index contributed by atoms with van der Waals surface area (Å²) < 4.78 is 0. The van der Waals surface area contributed by atoms with E-state index in [4.69, 9.17) is 0 Å². The first-order valence-electron chi connectivity index (χ1n) is 7.38. The van der Waals surface area contributed by atoms with E-state index in [0.29, 0.717) is 5.92 Å². The number of hydrogen-bond donors (Lipinski definition) is 1. The molecule has 0 saturated heterocycles. The highest BCUT2D eigenvalue weighted by Crippen LogP contribution is 2.34. The average molecular weight is 250 g/mol. The number of carbonyl (C=O) groups excluding carboxylic acids is 1. The maximum Gasteiger partial charge on any atom is 0.240 e. The van der Waals surface area contributed by atoms with E-state index in [1.807, 2.05) is 0 Å². The predicted octanol–water partition coefficient (Wildman–Crippen LogP) is 3.40. The molecule has 0 bridgehead atoms. The highest BCUT2D eigenvalue weighted by molar-refractivity contribution is 5.85. The van der Waals surface area contributed by atoms with E-state index in [2.05, 4.69) is 25.2 Å². The number of carbonyl (C=O) groups is 1. The molecule has 0 aromatic rings. The van der Waals surface area contributed by atoms with Crippen molar-refractivity contribution in [3.8, 4) is 6.07 Å². The van der Waals surface area contributed by atoms with E-state index in [1.165, 1.54) is 0 Å². The summed E-state index contributed by atoms with van der Waals surface area (Å²) in [6.07, 6.45) is 7.95. The molecular weight excluding hydrogens is 224 g/mol. The summed E-state index contributed by atoms with van der Waals surface area (Å²) in [6, 6.07) is 2.30. The fourth-order valence-electron chi connectivity index (χ4n) is 2.71. The second-order valence-corrected chi connectivity index (χ2v) is 5.50. The molecule has 0 atom stereocenters. The molecule has 102 valence electrons. The van der Waals surface area contributed by atoms with Gasteiger partial charge in [-0.15, -0.1) is 0 Å². The molecule has 0 aromatic heterocycles. The van der Waals surface area contributed by atoms with E-state index in [0.717, 1.165) is 57.9 Å².